The standard InChI is InChI=1S/C18H26N4OS/c1-4-6-8-13-15-20-21-18(24-15)19-17(23)16(22(3)5-2)14-11-9-7-10-12-14/h7,9-12,16H,4-6,8,13H2,1-3H3,(H,19,21,23)/t16-/m1/s1. The second-order valence-corrected chi connectivity index (χ2v) is 6.90. The summed E-state index contributed by atoms with van der Waals surface area (Å²) in [5.74, 6) is -0.0678. The van der Waals surface area contributed by atoms with Crippen molar-refractivity contribution in [2.24, 2.45) is 0 Å². The number of hydrogen-bond donors (Lipinski definition) is 1. The fourth-order valence-electron chi connectivity index (χ4n) is 2.53. The smallest absolute Gasteiger partial charge is 0.248 e. The van der Waals surface area contributed by atoms with Crippen LogP contribution in [0.1, 0.15) is 49.7 Å². The molecule has 2 rings (SSSR count). The minimum atomic E-state index is -0.330. The molecule has 130 valence electrons. The van der Waals surface area contributed by atoms with Gasteiger partial charge >= 0.3 is 0 Å². The summed E-state index contributed by atoms with van der Waals surface area (Å²) in [6.45, 7) is 5.01. The van der Waals surface area contributed by atoms with E-state index in [9.17, 15) is 4.79 Å². The Kier molecular flexibility index (Phi) is 7.34. The summed E-state index contributed by atoms with van der Waals surface area (Å²) in [5, 5.41) is 12.8. The lowest BCUT2D eigenvalue weighted by molar-refractivity contribution is -0.121. The van der Waals surface area contributed by atoms with Crippen molar-refractivity contribution >= 4 is 22.4 Å². The van der Waals surface area contributed by atoms with Crippen LogP contribution in [0.2, 0.25) is 0 Å². The van der Waals surface area contributed by atoms with Crippen LogP contribution in [0.5, 0.6) is 0 Å². The third-order valence-electron chi connectivity index (χ3n) is 3.99. The SMILES string of the molecule is CCCCCc1nnc(NC(=O)[C@@H](c2ccccc2)N(C)CC)s1. The number of hydrogen-bond acceptors (Lipinski definition) is 5. The number of amides is 1. The highest BCUT2D eigenvalue weighted by atomic mass is 32.1. The molecule has 1 aromatic carbocycles. The van der Waals surface area contributed by atoms with E-state index in [0.717, 1.165) is 30.0 Å². The Morgan fingerprint density at radius 1 is 1.21 bits per heavy atom. The average molecular weight is 347 g/mol. The first-order valence-corrected chi connectivity index (χ1v) is 9.35. The van der Waals surface area contributed by atoms with Crippen molar-refractivity contribution in [3.8, 4) is 0 Å². The van der Waals surface area contributed by atoms with Gasteiger partial charge in [0.1, 0.15) is 11.0 Å². The van der Waals surface area contributed by atoms with Crippen LogP contribution in [-0.4, -0.2) is 34.6 Å². The molecular weight excluding hydrogens is 320 g/mol. The molecule has 0 aliphatic heterocycles. The number of anilines is 1. The number of carbonyl (C=O) groups is 1. The zero-order valence-electron chi connectivity index (χ0n) is 14.7. The molecule has 2 aromatic rings. The Balaban J connectivity index is 2.05. The van der Waals surface area contributed by atoms with Gasteiger partial charge in [0.05, 0.1) is 0 Å². The van der Waals surface area contributed by atoms with Gasteiger partial charge in [-0.05, 0) is 25.6 Å². The molecule has 1 N–H and O–H groups in total. The van der Waals surface area contributed by atoms with Crippen LogP contribution in [0.25, 0.3) is 0 Å². The van der Waals surface area contributed by atoms with Gasteiger partial charge in [0.25, 0.3) is 0 Å². The molecule has 1 heterocycles. The highest BCUT2D eigenvalue weighted by Gasteiger charge is 2.25. The highest BCUT2D eigenvalue weighted by molar-refractivity contribution is 7.15. The summed E-state index contributed by atoms with van der Waals surface area (Å²) in [6, 6.07) is 9.49. The molecule has 0 saturated heterocycles. The van der Waals surface area contributed by atoms with E-state index in [-0.39, 0.29) is 11.9 Å². The van der Waals surface area contributed by atoms with Gasteiger partial charge < -0.3 is 0 Å². The molecule has 0 spiro atoms. The summed E-state index contributed by atoms with van der Waals surface area (Å²) in [5.41, 5.74) is 0.979. The van der Waals surface area contributed by atoms with Gasteiger partial charge in [-0.2, -0.15) is 0 Å². The second kappa shape index (κ2) is 9.49. The van der Waals surface area contributed by atoms with E-state index in [2.05, 4.69) is 22.4 Å². The lowest BCUT2D eigenvalue weighted by Crippen LogP contribution is -2.34. The molecule has 0 unspecified atom stereocenters. The number of nitrogens with zero attached hydrogens (tertiary/aromatic N) is 3. The van der Waals surface area contributed by atoms with Crippen molar-refractivity contribution in [1.82, 2.24) is 15.1 Å². The van der Waals surface area contributed by atoms with Gasteiger partial charge in [0, 0.05) is 6.42 Å². The molecule has 5 nitrogen and oxygen atoms in total. The molecular formula is C18H26N4OS. The van der Waals surface area contributed by atoms with Gasteiger partial charge in [-0.1, -0.05) is 68.4 Å². The fourth-order valence-corrected chi connectivity index (χ4v) is 3.31. The number of aromatic nitrogens is 2. The van der Waals surface area contributed by atoms with Crippen LogP contribution in [0.3, 0.4) is 0 Å². The largest absolute Gasteiger partial charge is 0.299 e. The lowest BCUT2D eigenvalue weighted by atomic mass is 10.1. The topological polar surface area (TPSA) is 58.1 Å². The van der Waals surface area contributed by atoms with Crippen molar-refractivity contribution in [3.63, 3.8) is 0 Å². The average Bonchev–Trinajstić information content (AvgIpc) is 3.03. The summed E-state index contributed by atoms with van der Waals surface area (Å²) in [4.78, 5) is 14.8. The van der Waals surface area contributed by atoms with E-state index < -0.39 is 0 Å². The maximum absolute atomic E-state index is 12.8. The third-order valence-corrected chi connectivity index (χ3v) is 4.89. The first kappa shape index (κ1) is 18.5. The molecule has 6 heteroatoms. The molecule has 0 bridgehead atoms. The summed E-state index contributed by atoms with van der Waals surface area (Å²) in [7, 11) is 1.95. The highest BCUT2D eigenvalue weighted by Crippen LogP contribution is 2.23. The Labute approximate surface area is 148 Å². The number of nitrogens with one attached hydrogen (secondary N) is 1. The third kappa shape index (κ3) is 5.11. The Bertz CT molecular complexity index is 629. The second-order valence-electron chi connectivity index (χ2n) is 5.83. The number of aryl methyl sites for hydroxylation is 1. The van der Waals surface area contributed by atoms with E-state index in [0.29, 0.717) is 5.13 Å². The van der Waals surface area contributed by atoms with Crippen LogP contribution in [0.4, 0.5) is 5.13 Å². The minimum Gasteiger partial charge on any atom is -0.299 e. The van der Waals surface area contributed by atoms with E-state index in [1.807, 2.05) is 49.2 Å². The zero-order valence-corrected chi connectivity index (χ0v) is 15.5. The van der Waals surface area contributed by atoms with Gasteiger partial charge in [-0.15, -0.1) is 10.2 Å². The molecule has 0 aliphatic carbocycles. The summed E-state index contributed by atoms with van der Waals surface area (Å²) in [6.07, 6.45) is 4.42. The molecule has 0 radical (unpaired) electrons. The molecule has 0 saturated carbocycles. The maximum atomic E-state index is 12.8. The molecule has 1 aromatic heterocycles. The van der Waals surface area contributed by atoms with Crippen molar-refractivity contribution in [2.45, 2.75) is 45.6 Å². The van der Waals surface area contributed by atoms with E-state index in [1.54, 1.807) is 0 Å². The summed E-state index contributed by atoms with van der Waals surface area (Å²) >= 11 is 1.47. The first-order valence-electron chi connectivity index (χ1n) is 8.54. The fraction of sp³-hybridized carbons (Fsp3) is 0.500. The number of benzene rings is 1. The predicted octanol–water partition coefficient (Wildman–Crippen LogP) is 3.90. The lowest BCUT2D eigenvalue weighted by Gasteiger charge is -2.25. The number of rotatable bonds is 9. The van der Waals surface area contributed by atoms with Gasteiger partial charge in [0.15, 0.2) is 0 Å². The van der Waals surface area contributed by atoms with E-state index >= 15 is 0 Å². The van der Waals surface area contributed by atoms with Crippen molar-refractivity contribution in [2.75, 3.05) is 18.9 Å². The Morgan fingerprint density at radius 2 is 1.96 bits per heavy atom. The Morgan fingerprint density at radius 3 is 2.62 bits per heavy atom. The molecule has 1 atom stereocenters. The van der Waals surface area contributed by atoms with Crippen LogP contribution < -0.4 is 5.32 Å². The first-order chi connectivity index (χ1) is 11.7. The van der Waals surface area contributed by atoms with Crippen molar-refractivity contribution < 1.29 is 4.79 Å². The van der Waals surface area contributed by atoms with Gasteiger partial charge in [0.2, 0.25) is 11.0 Å². The molecule has 1 amide bonds. The minimum absolute atomic E-state index is 0.0678. The Hall–Kier alpha value is -1.79. The molecule has 24 heavy (non-hydrogen) atoms. The normalized spacial score (nSPS) is 12.3. The van der Waals surface area contributed by atoms with Crippen molar-refractivity contribution in [1.29, 1.82) is 0 Å². The van der Waals surface area contributed by atoms with E-state index in [4.69, 9.17) is 0 Å². The monoisotopic (exact) mass is 346 g/mol. The van der Waals surface area contributed by atoms with Gasteiger partial charge in [-0.25, -0.2) is 0 Å². The van der Waals surface area contributed by atoms with Crippen LogP contribution in [0.15, 0.2) is 30.3 Å². The molecule has 0 fully saturated rings. The number of unbranched alkanes of at least 4 members (excludes halogenated alkanes) is 2. The quantitative estimate of drug-likeness (QED) is 0.700. The van der Waals surface area contributed by atoms with Crippen LogP contribution >= 0.6 is 11.3 Å². The van der Waals surface area contributed by atoms with E-state index in [1.165, 1.54) is 24.2 Å². The number of carbonyl (C=O) groups excluding carboxylic acids is 1. The summed E-state index contributed by atoms with van der Waals surface area (Å²) < 4.78 is 0. The maximum Gasteiger partial charge on any atom is 0.248 e. The zero-order chi connectivity index (χ0) is 17.4. The van der Waals surface area contributed by atoms with Gasteiger partial charge in [-0.3, -0.25) is 15.0 Å². The number of likely N-dealkylation sites (N-methyl/N-ethyl adjacent to an activating group) is 1. The van der Waals surface area contributed by atoms with Crippen LogP contribution in [-0.2, 0) is 11.2 Å². The van der Waals surface area contributed by atoms with Crippen molar-refractivity contribution in [3.05, 3.63) is 40.9 Å². The predicted molar refractivity (Wildman–Crippen MR) is 99.3 cm³/mol. The molecule has 0 aliphatic rings. The van der Waals surface area contributed by atoms with Crippen LogP contribution in [0, 0.1) is 0 Å².